The van der Waals surface area contributed by atoms with Crippen LogP contribution in [0.3, 0.4) is 0 Å². The summed E-state index contributed by atoms with van der Waals surface area (Å²) in [7, 11) is 1.66. The van der Waals surface area contributed by atoms with Gasteiger partial charge >= 0.3 is 5.97 Å². The number of aromatic nitrogens is 4. The number of carbonyl (C=O) groups is 1. The number of aromatic amines is 1. The summed E-state index contributed by atoms with van der Waals surface area (Å²) in [5.74, 6) is -0.892. The van der Waals surface area contributed by atoms with Crippen LogP contribution in [0.4, 0.5) is 0 Å². The minimum absolute atomic E-state index is 0.109. The van der Waals surface area contributed by atoms with E-state index in [4.69, 9.17) is 15.4 Å². The summed E-state index contributed by atoms with van der Waals surface area (Å²) in [6.07, 6.45) is 1.28. The number of nitrogens with zero attached hydrogens (tertiary/aromatic N) is 3. The van der Waals surface area contributed by atoms with Gasteiger partial charge in [0.05, 0.1) is 5.56 Å². The molecule has 9 nitrogen and oxygen atoms in total. The molecule has 0 saturated heterocycles. The van der Waals surface area contributed by atoms with Crippen molar-refractivity contribution in [3.05, 3.63) is 22.2 Å². The van der Waals surface area contributed by atoms with Gasteiger partial charge in [0, 0.05) is 13.5 Å². The zero-order chi connectivity index (χ0) is 13.3. The molecular formula is C9H11N5O4. The number of nitrogens with one attached hydrogen (secondary N) is 1. The number of rotatable bonds is 4. The van der Waals surface area contributed by atoms with E-state index in [2.05, 4.69) is 15.2 Å². The Labute approximate surface area is 100 Å². The lowest BCUT2D eigenvalue weighted by molar-refractivity contribution is -0.138. The van der Waals surface area contributed by atoms with Crippen molar-refractivity contribution in [1.29, 1.82) is 0 Å². The van der Waals surface area contributed by atoms with Crippen LogP contribution in [0.2, 0.25) is 0 Å². The van der Waals surface area contributed by atoms with E-state index in [1.54, 1.807) is 7.05 Å². The molecule has 18 heavy (non-hydrogen) atoms. The maximum atomic E-state index is 11.5. The third-order valence-electron chi connectivity index (χ3n) is 2.34. The second-order valence-corrected chi connectivity index (χ2v) is 3.73. The zero-order valence-corrected chi connectivity index (χ0v) is 9.45. The highest BCUT2D eigenvalue weighted by atomic mass is 16.5. The highest BCUT2D eigenvalue weighted by Gasteiger charge is 2.23. The standard InChI is InChI=1S/C9H11N5O4/c1-14-3-11-7(12-14)6-4(8(15)13-18-6)2-5(10)9(16)17/h3,5H,2,10H2,1H3,(H,13,15)(H,16,17)/t5-/m0/s1. The van der Waals surface area contributed by atoms with Gasteiger partial charge in [0.25, 0.3) is 5.56 Å². The highest BCUT2D eigenvalue weighted by Crippen LogP contribution is 2.17. The first-order chi connectivity index (χ1) is 8.49. The van der Waals surface area contributed by atoms with Gasteiger partial charge in [0.1, 0.15) is 12.4 Å². The summed E-state index contributed by atoms with van der Waals surface area (Å²) in [4.78, 5) is 26.1. The number of nitrogens with two attached hydrogens (primary N) is 1. The van der Waals surface area contributed by atoms with Gasteiger partial charge in [-0.1, -0.05) is 0 Å². The fraction of sp³-hybridized carbons (Fsp3) is 0.333. The third kappa shape index (κ3) is 2.15. The van der Waals surface area contributed by atoms with E-state index in [-0.39, 0.29) is 23.6 Å². The maximum absolute atomic E-state index is 11.5. The summed E-state index contributed by atoms with van der Waals surface area (Å²) in [6.45, 7) is 0. The first-order valence-corrected chi connectivity index (χ1v) is 5.03. The molecular weight excluding hydrogens is 242 g/mol. The molecule has 0 fully saturated rings. The van der Waals surface area contributed by atoms with E-state index in [9.17, 15) is 9.59 Å². The SMILES string of the molecule is Cn1cnc(-c2o[nH]c(=O)c2C[C@H](N)C(=O)O)n1. The topological polar surface area (TPSA) is 140 Å². The van der Waals surface area contributed by atoms with Crippen molar-refractivity contribution in [1.82, 2.24) is 19.9 Å². The van der Waals surface area contributed by atoms with Crippen LogP contribution in [0.5, 0.6) is 0 Å². The zero-order valence-electron chi connectivity index (χ0n) is 9.45. The highest BCUT2D eigenvalue weighted by molar-refractivity contribution is 5.74. The second-order valence-electron chi connectivity index (χ2n) is 3.73. The molecule has 0 radical (unpaired) electrons. The summed E-state index contributed by atoms with van der Waals surface area (Å²) < 4.78 is 6.38. The van der Waals surface area contributed by atoms with E-state index in [1.807, 2.05) is 0 Å². The molecule has 2 heterocycles. The minimum Gasteiger partial charge on any atom is -0.480 e. The summed E-state index contributed by atoms with van der Waals surface area (Å²) in [5.41, 5.74) is 4.98. The first-order valence-electron chi connectivity index (χ1n) is 5.03. The van der Waals surface area contributed by atoms with Crippen molar-refractivity contribution in [3.63, 3.8) is 0 Å². The molecule has 96 valence electrons. The molecule has 0 unspecified atom stereocenters. The van der Waals surface area contributed by atoms with E-state index < -0.39 is 17.6 Å². The predicted octanol–water partition coefficient (Wildman–Crippen LogP) is -1.28. The molecule has 0 aromatic carbocycles. The largest absolute Gasteiger partial charge is 0.480 e. The first kappa shape index (κ1) is 12.0. The minimum atomic E-state index is -1.20. The van der Waals surface area contributed by atoms with Crippen molar-refractivity contribution in [2.45, 2.75) is 12.5 Å². The second kappa shape index (κ2) is 4.45. The van der Waals surface area contributed by atoms with Crippen molar-refractivity contribution in [2.75, 3.05) is 0 Å². The molecule has 0 aliphatic heterocycles. The Balaban J connectivity index is 2.39. The van der Waals surface area contributed by atoms with E-state index in [0.717, 1.165) is 0 Å². The number of hydrogen-bond donors (Lipinski definition) is 3. The fourth-order valence-corrected chi connectivity index (χ4v) is 1.44. The van der Waals surface area contributed by atoms with E-state index in [0.29, 0.717) is 0 Å². The molecule has 0 aliphatic carbocycles. The molecule has 0 amide bonds. The van der Waals surface area contributed by atoms with E-state index >= 15 is 0 Å². The van der Waals surface area contributed by atoms with Crippen LogP contribution in [-0.2, 0) is 18.3 Å². The lowest BCUT2D eigenvalue weighted by Crippen LogP contribution is -2.33. The molecule has 0 aliphatic rings. The Hall–Kier alpha value is -2.42. The molecule has 0 spiro atoms. The Morgan fingerprint density at radius 3 is 3.00 bits per heavy atom. The van der Waals surface area contributed by atoms with Crippen LogP contribution in [0.15, 0.2) is 15.6 Å². The number of carboxylic acid groups (broad SMARTS) is 1. The van der Waals surface area contributed by atoms with Crippen LogP contribution in [0, 0.1) is 0 Å². The van der Waals surface area contributed by atoms with Gasteiger partial charge in [-0.2, -0.15) is 5.16 Å². The molecule has 9 heteroatoms. The van der Waals surface area contributed by atoms with Crippen LogP contribution in [0.1, 0.15) is 5.56 Å². The monoisotopic (exact) mass is 253 g/mol. The average Bonchev–Trinajstić information content (AvgIpc) is 2.87. The number of hydrogen-bond acceptors (Lipinski definition) is 6. The number of aryl methyl sites for hydroxylation is 1. The lowest BCUT2D eigenvalue weighted by Gasteiger charge is -2.03. The van der Waals surface area contributed by atoms with Gasteiger partial charge in [-0.15, -0.1) is 5.10 Å². The van der Waals surface area contributed by atoms with Crippen molar-refractivity contribution >= 4 is 5.97 Å². The Morgan fingerprint density at radius 1 is 1.72 bits per heavy atom. The predicted molar refractivity (Wildman–Crippen MR) is 58.6 cm³/mol. The van der Waals surface area contributed by atoms with Crippen LogP contribution in [-0.4, -0.2) is 37.0 Å². The summed E-state index contributed by atoms with van der Waals surface area (Å²) >= 11 is 0. The van der Waals surface area contributed by atoms with Crippen LogP contribution < -0.4 is 11.3 Å². The van der Waals surface area contributed by atoms with Gasteiger partial charge < -0.3 is 15.4 Å². The number of H-pyrrole nitrogens is 1. The van der Waals surface area contributed by atoms with Gasteiger partial charge in [0.2, 0.25) is 11.6 Å². The molecule has 4 N–H and O–H groups in total. The Bertz CT molecular complexity index is 625. The van der Waals surface area contributed by atoms with Crippen molar-refractivity contribution in [3.8, 4) is 11.6 Å². The molecule has 2 rings (SSSR count). The van der Waals surface area contributed by atoms with Gasteiger partial charge in [-0.3, -0.25) is 14.3 Å². The van der Waals surface area contributed by atoms with E-state index in [1.165, 1.54) is 11.0 Å². The summed E-state index contributed by atoms with van der Waals surface area (Å²) in [5, 5.41) is 14.8. The average molecular weight is 253 g/mol. The maximum Gasteiger partial charge on any atom is 0.320 e. The molecule has 2 aromatic rings. The number of aliphatic carboxylic acids is 1. The number of carboxylic acids is 1. The fourth-order valence-electron chi connectivity index (χ4n) is 1.44. The molecule has 2 aromatic heterocycles. The summed E-state index contributed by atoms with van der Waals surface area (Å²) in [6, 6.07) is -1.19. The smallest absolute Gasteiger partial charge is 0.320 e. The molecule has 1 atom stereocenters. The quantitative estimate of drug-likeness (QED) is 0.616. The van der Waals surface area contributed by atoms with Gasteiger partial charge in [0.15, 0.2) is 0 Å². The van der Waals surface area contributed by atoms with Gasteiger partial charge in [-0.25, -0.2) is 4.98 Å². The van der Waals surface area contributed by atoms with Crippen LogP contribution in [0.25, 0.3) is 11.6 Å². The van der Waals surface area contributed by atoms with Crippen molar-refractivity contribution in [2.24, 2.45) is 12.8 Å². The third-order valence-corrected chi connectivity index (χ3v) is 2.34. The Kier molecular flexibility index (Phi) is 2.98. The molecule has 0 bridgehead atoms. The lowest BCUT2D eigenvalue weighted by atomic mass is 10.1. The van der Waals surface area contributed by atoms with Crippen LogP contribution >= 0.6 is 0 Å². The Morgan fingerprint density at radius 2 is 2.44 bits per heavy atom. The van der Waals surface area contributed by atoms with Gasteiger partial charge in [-0.05, 0) is 0 Å². The van der Waals surface area contributed by atoms with Crippen molar-refractivity contribution < 1.29 is 14.4 Å². The molecule has 0 saturated carbocycles. The normalized spacial score (nSPS) is 12.6.